The van der Waals surface area contributed by atoms with Gasteiger partial charge in [-0.2, -0.15) is 0 Å². The summed E-state index contributed by atoms with van der Waals surface area (Å²) in [6, 6.07) is 8.39. The van der Waals surface area contributed by atoms with E-state index in [1.54, 1.807) is 0 Å². The highest BCUT2D eigenvalue weighted by atomic mass is 16.5. The molecule has 0 amide bonds. The molecule has 0 saturated carbocycles. The van der Waals surface area contributed by atoms with Crippen molar-refractivity contribution in [3.63, 3.8) is 0 Å². The van der Waals surface area contributed by atoms with Crippen LogP contribution < -0.4 is 0 Å². The standard InChI is InChI=1S/C20H33NO3/c1-16-7-5-6-8-17(16)14-23-19-9-11-21(12-10-19)13-18(22)15-24-20(2,3)4/h5-8,18-19,22H,9-15H2,1-4H3. The molecule has 1 aromatic rings. The van der Waals surface area contributed by atoms with E-state index >= 15 is 0 Å². The van der Waals surface area contributed by atoms with Crippen LogP contribution in [0, 0.1) is 6.92 Å². The highest BCUT2D eigenvalue weighted by Gasteiger charge is 2.22. The van der Waals surface area contributed by atoms with Gasteiger partial charge in [-0.15, -0.1) is 0 Å². The Morgan fingerprint density at radius 3 is 2.50 bits per heavy atom. The second-order valence-corrected chi connectivity index (χ2v) is 7.81. The van der Waals surface area contributed by atoms with Gasteiger partial charge in [-0.25, -0.2) is 0 Å². The number of nitrogens with zero attached hydrogens (tertiary/aromatic N) is 1. The summed E-state index contributed by atoms with van der Waals surface area (Å²) in [7, 11) is 0. The molecule has 0 aliphatic carbocycles. The molecule has 0 radical (unpaired) electrons. The van der Waals surface area contributed by atoms with Crippen molar-refractivity contribution in [3.8, 4) is 0 Å². The lowest BCUT2D eigenvalue weighted by molar-refractivity contribution is -0.0626. The zero-order chi connectivity index (χ0) is 17.6. The van der Waals surface area contributed by atoms with Crippen molar-refractivity contribution in [2.45, 2.75) is 65.0 Å². The van der Waals surface area contributed by atoms with Crippen LogP contribution in [0.3, 0.4) is 0 Å². The summed E-state index contributed by atoms with van der Waals surface area (Å²) >= 11 is 0. The van der Waals surface area contributed by atoms with Crippen LogP contribution in [0.25, 0.3) is 0 Å². The number of likely N-dealkylation sites (tertiary alicyclic amines) is 1. The SMILES string of the molecule is Cc1ccccc1COC1CCN(CC(O)COC(C)(C)C)CC1. The largest absolute Gasteiger partial charge is 0.389 e. The van der Waals surface area contributed by atoms with Crippen LogP contribution in [-0.4, -0.2) is 54.1 Å². The van der Waals surface area contributed by atoms with Gasteiger partial charge in [-0.1, -0.05) is 24.3 Å². The van der Waals surface area contributed by atoms with Crippen LogP contribution in [0.2, 0.25) is 0 Å². The fraction of sp³-hybridized carbons (Fsp3) is 0.700. The van der Waals surface area contributed by atoms with Crippen molar-refractivity contribution < 1.29 is 14.6 Å². The lowest BCUT2D eigenvalue weighted by atomic mass is 10.1. The molecule has 1 fully saturated rings. The van der Waals surface area contributed by atoms with Crippen LogP contribution in [-0.2, 0) is 16.1 Å². The molecule has 0 bridgehead atoms. The third kappa shape index (κ3) is 6.89. The fourth-order valence-electron chi connectivity index (χ4n) is 2.94. The molecule has 1 aliphatic rings. The molecule has 1 aliphatic heterocycles. The third-order valence-corrected chi connectivity index (χ3v) is 4.45. The topological polar surface area (TPSA) is 41.9 Å². The van der Waals surface area contributed by atoms with Gasteiger partial charge in [0.25, 0.3) is 0 Å². The van der Waals surface area contributed by atoms with Gasteiger partial charge in [0.2, 0.25) is 0 Å². The van der Waals surface area contributed by atoms with Gasteiger partial charge in [0.1, 0.15) is 0 Å². The van der Waals surface area contributed by atoms with E-state index in [1.165, 1.54) is 11.1 Å². The van der Waals surface area contributed by atoms with Gasteiger partial charge >= 0.3 is 0 Å². The maximum absolute atomic E-state index is 10.1. The number of hydrogen-bond acceptors (Lipinski definition) is 4. The first-order valence-electron chi connectivity index (χ1n) is 9.04. The Kier molecular flexibility index (Phi) is 7.23. The summed E-state index contributed by atoms with van der Waals surface area (Å²) in [6.45, 7) is 11.9. The molecular formula is C20H33NO3. The first-order chi connectivity index (χ1) is 11.3. The fourth-order valence-corrected chi connectivity index (χ4v) is 2.94. The first kappa shape index (κ1) is 19.4. The van der Waals surface area contributed by atoms with Gasteiger partial charge in [-0.05, 0) is 51.7 Å². The van der Waals surface area contributed by atoms with Crippen molar-refractivity contribution >= 4 is 0 Å². The Balaban J connectivity index is 1.65. The van der Waals surface area contributed by atoms with Crippen LogP contribution >= 0.6 is 0 Å². The monoisotopic (exact) mass is 335 g/mol. The smallest absolute Gasteiger partial charge is 0.0900 e. The van der Waals surface area contributed by atoms with E-state index in [4.69, 9.17) is 9.47 Å². The maximum Gasteiger partial charge on any atom is 0.0900 e. The summed E-state index contributed by atoms with van der Waals surface area (Å²) in [4.78, 5) is 2.31. The number of β-amino-alcohol motifs (C(OH)–C–C–N with tert-alkyl or cyclic N) is 1. The Labute approximate surface area is 146 Å². The van der Waals surface area contributed by atoms with E-state index in [0.29, 0.717) is 25.9 Å². The highest BCUT2D eigenvalue weighted by molar-refractivity contribution is 5.24. The lowest BCUT2D eigenvalue weighted by Crippen LogP contribution is -2.42. The molecule has 4 heteroatoms. The summed E-state index contributed by atoms with van der Waals surface area (Å²) in [5.74, 6) is 0. The Morgan fingerprint density at radius 2 is 1.88 bits per heavy atom. The van der Waals surface area contributed by atoms with Gasteiger partial charge in [0, 0.05) is 19.6 Å². The predicted octanol–water partition coefficient (Wildman–Crippen LogP) is 3.15. The summed E-state index contributed by atoms with van der Waals surface area (Å²) in [6.07, 6.45) is 1.95. The van der Waals surface area contributed by atoms with Crippen LogP contribution in [0.1, 0.15) is 44.7 Å². The number of aliphatic hydroxyl groups excluding tert-OH is 1. The first-order valence-corrected chi connectivity index (χ1v) is 9.04. The minimum atomic E-state index is -0.423. The van der Waals surface area contributed by atoms with Crippen molar-refractivity contribution in [3.05, 3.63) is 35.4 Å². The zero-order valence-corrected chi connectivity index (χ0v) is 15.6. The van der Waals surface area contributed by atoms with Crippen molar-refractivity contribution in [2.75, 3.05) is 26.2 Å². The molecule has 24 heavy (non-hydrogen) atoms. The molecule has 1 saturated heterocycles. The van der Waals surface area contributed by atoms with Gasteiger partial charge < -0.3 is 19.5 Å². The molecule has 136 valence electrons. The molecule has 1 atom stereocenters. The minimum Gasteiger partial charge on any atom is -0.389 e. The summed E-state index contributed by atoms with van der Waals surface area (Å²) in [5.41, 5.74) is 2.36. The Morgan fingerprint density at radius 1 is 1.21 bits per heavy atom. The average molecular weight is 335 g/mol. The minimum absolute atomic E-state index is 0.197. The highest BCUT2D eigenvalue weighted by Crippen LogP contribution is 2.17. The summed E-state index contributed by atoms with van der Waals surface area (Å²) < 4.78 is 11.7. The molecule has 1 N–H and O–H groups in total. The van der Waals surface area contributed by atoms with E-state index < -0.39 is 6.10 Å². The zero-order valence-electron chi connectivity index (χ0n) is 15.6. The Bertz CT molecular complexity index is 490. The van der Waals surface area contributed by atoms with E-state index in [9.17, 15) is 5.11 Å². The van der Waals surface area contributed by atoms with Crippen LogP contribution in [0.4, 0.5) is 0 Å². The van der Waals surface area contributed by atoms with Gasteiger partial charge in [0.15, 0.2) is 0 Å². The Hall–Kier alpha value is -0.940. The predicted molar refractivity (Wildman–Crippen MR) is 97.1 cm³/mol. The molecule has 0 spiro atoms. The van der Waals surface area contributed by atoms with Crippen molar-refractivity contribution in [1.82, 2.24) is 4.90 Å². The number of ether oxygens (including phenoxy) is 2. The van der Waals surface area contributed by atoms with E-state index in [1.807, 2.05) is 20.8 Å². The molecule has 0 aromatic heterocycles. The van der Waals surface area contributed by atoms with E-state index in [2.05, 4.69) is 36.1 Å². The second kappa shape index (κ2) is 8.95. The number of aliphatic hydroxyl groups is 1. The lowest BCUT2D eigenvalue weighted by Gasteiger charge is -2.33. The van der Waals surface area contributed by atoms with E-state index in [0.717, 1.165) is 25.9 Å². The molecule has 2 rings (SSSR count). The third-order valence-electron chi connectivity index (χ3n) is 4.45. The number of benzene rings is 1. The summed E-state index contributed by atoms with van der Waals surface area (Å²) in [5, 5.41) is 10.1. The van der Waals surface area contributed by atoms with Gasteiger partial charge in [0.05, 0.1) is 31.0 Å². The number of rotatable bonds is 7. The molecule has 1 heterocycles. The quantitative estimate of drug-likeness (QED) is 0.831. The maximum atomic E-state index is 10.1. The number of piperidine rings is 1. The normalized spacial score (nSPS) is 18.7. The van der Waals surface area contributed by atoms with Crippen LogP contribution in [0.5, 0.6) is 0 Å². The van der Waals surface area contributed by atoms with Gasteiger partial charge in [-0.3, -0.25) is 0 Å². The molecular weight excluding hydrogens is 302 g/mol. The van der Waals surface area contributed by atoms with Crippen molar-refractivity contribution in [1.29, 1.82) is 0 Å². The second-order valence-electron chi connectivity index (χ2n) is 7.81. The van der Waals surface area contributed by atoms with Crippen molar-refractivity contribution in [2.24, 2.45) is 0 Å². The molecule has 4 nitrogen and oxygen atoms in total. The average Bonchev–Trinajstić information content (AvgIpc) is 2.53. The number of hydrogen-bond donors (Lipinski definition) is 1. The molecule has 1 aromatic carbocycles. The molecule has 1 unspecified atom stereocenters. The van der Waals surface area contributed by atoms with E-state index in [-0.39, 0.29) is 5.60 Å². The number of aryl methyl sites for hydroxylation is 1. The van der Waals surface area contributed by atoms with Crippen LogP contribution in [0.15, 0.2) is 24.3 Å².